The maximum atomic E-state index is 15.2. The molecule has 58 heavy (non-hydrogen) atoms. The number of aromatic nitrogens is 2. The second-order valence-electron chi connectivity index (χ2n) is 15.1. The van der Waals surface area contributed by atoms with Crippen LogP contribution in [0, 0.1) is 5.82 Å². The minimum absolute atomic E-state index is 0.280. The van der Waals surface area contributed by atoms with Crippen LogP contribution in [0.3, 0.4) is 0 Å². The van der Waals surface area contributed by atoms with Gasteiger partial charge in [0.15, 0.2) is 0 Å². The van der Waals surface area contributed by atoms with Crippen LogP contribution in [0.1, 0.15) is 11.9 Å². The molecule has 0 amide bonds. The van der Waals surface area contributed by atoms with E-state index < -0.39 is 0 Å². The third kappa shape index (κ3) is 5.62. The van der Waals surface area contributed by atoms with E-state index in [1.165, 1.54) is 38.1 Å². The van der Waals surface area contributed by atoms with Gasteiger partial charge in [-0.2, -0.15) is 0 Å². The van der Waals surface area contributed by atoms with Gasteiger partial charge in [0, 0.05) is 52.3 Å². The van der Waals surface area contributed by atoms with Gasteiger partial charge in [-0.25, -0.2) is 9.38 Å². The summed E-state index contributed by atoms with van der Waals surface area (Å²) in [5.41, 5.74) is 13.8. The lowest BCUT2D eigenvalue weighted by Crippen LogP contribution is -2.26. The van der Waals surface area contributed by atoms with Gasteiger partial charge in [-0.05, 0) is 106 Å². The Morgan fingerprint density at radius 3 is 1.64 bits per heavy atom. The highest BCUT2D eigenvalue weighted by molar-refractivity contribution is 6.13. The van der Waals surface area contributed by atoms with Crippen molar-refractivity contribution in [3.05, 3.63) is 206 Å². The summed E-state index contributed by atoms with van der Waals surface area (Å²) in [5, 5.41) is 4.81. The molecule has 1 atom stereocenters. The Morgan fingerprint density at radius 2 is 0.931 bits per heavy atom. The van der Waals surface area contributed by atoms with Gasteiger partial charge in [0.25, 0.3) is 0 Å². The zero-order valence-corrected chi connectivity index (χ0v) is 31.8. The number of allylic oxidation sites excluding steroid dienone is 1. The van der Waals surface area contributed by atoms with E-state index in [9.17, 15) is 0 Å². The Kier molecular flexibility index (Phi) is 7.93. The number of nitrogens with zero attached hydrogens (tertiary/aromatic N) is 4. The van der Waals surface area contributed by atoms with Crippen LogP contribution in [0.4, 0.5) is 4.39 Å². The van der Waals surface area contributed by atoms with Crippen molar-refractivity contribution >= 4 is 55.4 Å². The summed E-state index contributed by atoms with van der Waals surface area (Å²) in [6.45, 7) is 0. The van der Waals surface area contributed by atoms with Gasteiger partial charge in [-0.1, -0.05) is 121 Å². The van der Waals surface area contributed by atoms with E-state index in [0.29, 0.717) is 0 Å². The normalized spacial score (nSPS) is 14.2. The second kappa shape index (κ2) is 13.6. The van der Waals surface area contributed by atoms with E-state index >= 15 is 4.39 Å². The summed E-state index contributed by atoms with van der Waals surface area (Å²) in [6.07, 6.45) is 3.64. The maximum absolute atomic E-state index is 15.2. The number of hydrogen-bond donors (Lipinski definition) is 0. The van der Waals surface area contributed by atoms with E-state index in [4.69, 9.17) is 4.99 Å². The Hall–Kier alpha value is -7.50. The lowest BCUT2D eigenvalue weighted by Gasteiger charge is -2.30. The first-order valence-corrected chi connectivity index (χ1v) is 19.6. The Bertz CT molecular complexity index is 3250. The molecule has 0 fully saturated rings. The van der Waals surface area contributed by atoms with Crippen LogP contribution in [0.15, 0.2) is 199 Å². The van der Waals surface area contributed by atoms with Crippen molar-refractivity contribution in [2.24, 2.45) is 4.99 Å². The fourth-order valence-electron chi connectivity index (χ4n) is 8.82. The first kappa shape index (κ1) is 33.8. The molecule has 276 valence electrons. The van der Waals surface area contributed by atoms with Crippen LogP contribution >= 0.6 is 0 Å². The average Bonchev–Trinajstić information content (AvgIpc) is 3.79. The van der Waals surface area contributed by atoms with Crippen LogP contribution in [0.25, 0.3) is 88.3 Å². The van der Waals surface area contributed by atoms with Gasteiger partial charge >= 0.3 is 0 Å². The van der Waals surface area contributed by atoms with Crippen molar-refractivity contribution in [2.75, 3.05) is 7.05 Å². The Balaban J connectivity index is 0.941. The summed E-state index contributed by atoms with van der Waals surface area (Å²) >= 11 is 0. The number of aliphatic imine (C=N–C) groups is 1. The summed E-state index contributed by atoms with van der Waals surface area (Å²) in [7, 11) is 2.04. The molecule has 2 aromatic heterocycles. The van der Waals surface area contributed by atoms with E-state index in [1.807, 2.05) is 37.5 Å². The molecule has 0 N–H and O–H groups in total. The van der Waals surface area contributed by atoms with Gasteiger partial charge < -0.3 is 14.0 Å². The van der Waals surface area contributed by atoms with Crippen LogP contribution in [-0.2, 0) is 0 Å². The van der Waals surface area contributed by atoms with Crippen LogP contribution in [0.2, 0.25) is 0 Å². The molecule has 1 aliphatic rings. The van der Waals surface area contributed by atoms with Crippen LogP contribution < -0.4 is 0 Å². The van der Waals surface area contributed by atoms with E-state index in [0.717, 1.165) is 55.7 Å². The van der Waals surface area contributed by atoms with Gasteiger partial charge in [0.2, 0.25) is 6.29 Å². The number of hydrogen-bond acceptors (Lipinski definition) is 2. The first-order chi connectivity index (χ1) is 28.6. The predicted octanol–water partition coefficient (Wildman–Crippen LogP) is 13.5. The first-order valence-electron chi connectivity index (χ1n) is 19.6. The molecule has 0 aliphatic carbocycles. The molecule has 8 aromatic carbocycles. The lowest BCUT2D eigenvalue weighted by molar-refractivity contribution is 0.268. The molecule has 5 heteroatoms. The van der Waals surface area contributed by atoms with Gasteiger partial charge in [0.1, 0.15) is 5.82 Å². The average molecular weight is 749 g/mol. The molecule has 0 bridgehead atoms. The molecular formula is C53H37FN4. The Morgan fingerprint density at radius 1 is 0.431 bits per heavy atom. The van der Waals surface area contributed by atoms with Gasteiger partial charge in [0.05, 0.1) is 22.1 Å². The summed E-state index contributed by atoms with van der Waals surface area (Å²) in [5.74, 6) is -0.280. The molecule has 10 aromatic rings. The molecule has 3 heterocycles. The van der Waals surface area contributed by atoms with Gasteiger partial charge in [-0.3, -0.25) is 0 Å². The fraction of sp³-hybridized carbons (Fsp3) is 0.0377. The molecule has 0 saturated heterocycles. The number of benzene rings is 8. The molecule has 0 radical (unpaired) electrons. The molecule has 0 saturated carbocycles. The summed E-state index contributed by atoms with van der Waals surface area (Å²) in [6, 6.07) is 65.2. The molecule has 1 unspecified atom stereocenters. The van der Waals surface area contributed by atoms with E-state index in [1.54, 1.807) is 12.1 Å². The monoisotopic (exact) mass is 748 g/mol. The quantitative estimate of drug-likeness (QED) is 0.166. The summed E-state index contributed by atoms with van der Waals surface area (Å²) in [4.78, 5) is 7.25. The van der Waals surface area contributed by atoms with Crippen LogP contribution in [0.5, 0.6) is 0 Å². The van der Waals surface area contributed by atoms with E-state index in [2.05, 4.69) is 172 Å². The molecule has 1 aliphatic heterocycles. The van der Waals surface area contributed by atoms with Crippen molar-refractivity contribution in [1.82, 2.24) is 14.0 Å². The topological polar surface area (TPSA) is 25.5 Å². The van der Waals surface area contributed by atoms with Crippen molar-refractivity contribution in [3.63, 3.8) is 0 Å². The second-order valence-corrected chi connectivity index (χ2v) is 15.1. The molecule has 11 rings (SSSR count). The maximum Gasteiger partial charge on any atom is 0.202 e. The third-order valence-electron chi connectivity index (χ3n) is 11.6. The number of fused-ring (bicyclic) bond motifs is 6. The van der Waals surface area contributed by atoms with Crippen molar-refractivity contribution < 1.29 is 4.39 Å². The zero-order valence-electron chi connectivity index (χ0n) is 31.8. The number of rotatable bonds is 6. The third-order valence-corrected chi connectivity index (χ3v) is 11.6. The van der Waals surface area contributed by atoms with Crippen molar-refractivity contribution in [1.29, 1.82) is 0 Å². The van der Waals surface area contributed by atoms with E-state index in [-0.39, 0.29) is 12.1 Å². The highest BCUT2D eigenvalue weighted by Gasteiger charge is 2.24. The smallest absolute Gasteiger partial charge is 0.202 e. The largest absolute Gasteiger partial charge is 0.341 e. The number of halogens is 1. The minimum atomic E-state index is -0.323. The minimum Gasteiger partial charge on any atom is -0.341 e. The van der Waals surface area contributed by atoms with Gasteiger partial charge in [-0.15, -0.1) is 0 Å². The zero-order chi connectivity index (χ0) is 38.7. The Labute approximate surface area is 335 Å². The molecule has 4 nitrogen and oxygen atoms in total. The van der Waals surface area contributed by atoms with Crippen molar-refractivity contribution in [3.8, 4) is 39.1 Å². The molecular weight excluding hydrogens is 712 g/mol. The lowest BCUT2D eigenvalue weighted by atomic mass is 9.97. The SMILES string of the molecule is CN1C=C(c2cc(F)cc(-c3ccc(-c4ccccc4)cc3)c2)C=NC1n1c2ccccc2c2cc(-c3ccc4c(c3)c3ccccc3n4-c3ccccc3)ccc21. The fourth-order valence-corrected chi connectivity index (χ4v) is 8.82. The van der Waals surface area contributed by atoms with Crippen LogP contribution in [-0.4, -0.2) is 27.3 Å². The highest BCUT2D eigenvalue weighted by Crippen LogP contribution is 2.40. The van der Waals surface area contributed by atoms with Crippen molar-refractivity contribution in [2.45, 2.75) is 6.29 Å². The standard InChI is InChI=1S/C53H37FN4/c1-56-34-42(41-28-40(29-43(54)30-41)37-22-20-36(21-23-37)35-12-4-2-5-13-35)33-55-53(56)58-50-19-11-9-17-46(50)48-32-39(25-27-52(48)58)38-24-26-51-47(31-38)45-16-8-10-18-49(45)57(51)44-14-6-3-7-15-44/h2-34,53H,1H3. The molecule has 0 spiro atoms. The number of para-hydroxylation sites is 3. The summed E-state index contributed by atoms with van der Waals surface area (Å²) < 4.78 is 19.9. The highest BCUT2D eigenvalue weighted by atomic mass is 19.1. The predicted molar refractivity (Wildman–Crippen MR) is 240 cm³/mol.